The second-order valence-corrected chi connectivity index (χ2v) is 7.06. The van der Waals surface area contributed by atoms with Crippen molar-refractivity contribution in [1.82, 2.24) is 10.2 Å². The van der Waals surface area contributed by atoms with Crippen LogP contribution in [0.15, 0.2) is 30.3 Å². The van der Waals surface area contributed by atoms with Gasteiger partial charge in [0, 0.05) is 13.1 Å². The fraction of sp³-hybridized carbons (Fsp3) is 0.579. The van der Waals surface area contributed by atoms with E-state index >= 15 is 0 Å². The van der Waals surface area contributed by atoms with Crippen molar-refractivity contribution in [3.8, 4) is 0 Å². The van der Waals surface area contributed by atoms with Gasteiger partial charge in [-0.2, -0.15) is 0 Å². The van der Waals surface area contributed by atoms with Gasteiger partial charge in [-0.05, 0) is 37.2 Å². The largest absolute Gasteiger partial charge is 0.345 e. The number of likely N-dealkylation sites (tertiary alicyclic amines) is 1. The Labute approximate surface area is 139 Å². The van der Waals surface area contributed by atoms with Crippen molar-refractivity contribution in [3.05, 3.63) is 35.9 Å². The quantitative estimate of drug-likeness (QED) is 0.876. The molecule has 1 fully saturated rings. The standard InChI is InChI=1S/C19H28N2O2/c1-14-9-15(2)12-21(11-14)13-19(23)20-18(16(3)22)10-17-7-5-4-6-8-17/h4-8,14-15,18H,9-13H2,1-3H3,(H,20,23)/t14-,15-,18+/m1/s1. The molecule has 0 aromatic heterocycles. The van der Waals surface area contributed by atoms with E-state index in [-0.39, 0.29) is 11.7 Å². The van der Waals surface area contributed by atoms with Gasteiger partial charge in [-0.25, -0.2) is 0 Å². The minimum atomic E-state index is -0.440. The van der Waals surface area contributed by atoms with E-state index < -0.39 is 6.04 Å². The molecule has 1 saturated heterocycles. The maximum atomic E-state index is 12.3. The molecule has 1 heterocycles. The summed E-state index contributed by atoms with van der Waals surface area (Å²) in [5.74, 6) is 1.20. The molecule has 1 aromatic rings. The molecule has 1 amide bonds. The molecule has 1 N–H and O–H groups in total. The number of ketones is 1. The van der Waals surface area contributed by atoms with Crippen molar-refractivity contribution < 1.29 is 9.59 Å². The average Bonchev–Trinajstić information content (AvgIpc) is 2.46. The Morgan fingerprint density at radius 2 is 1.78 bits per heavy atom. The van der Waals surface area contributed by atoms with Crippen LogP contribution in [0.1, 0.15) is 32.8 Å². The summed E-state index contributed by atoms with van der Waals surface area (Å²) < 4.78 is 0. The first kappa shape index (κ1) is 17.7. The summed E-state index contributed by atoms with van der Waals surface area (Å²) in [4.78, 5) is 26.4. The second kappa shape index (κ2) is 8.25. The first-order valence-corrected chi connectivity index (χ1v) is 8.50. The van der Waals surface area contributed by atoms with Crippen LogP contribution in [0.3, 0.4) is 0 Å². The van der Waals surface area contributed by atoms with E-state index in [2.05, 4.69) is 24.1 Å². The summed E-state index contributed by atoms with van der Waals surface area (Å²) in [7, 11) is 0. The molecule has 0 aliphatic carbocycles. The summed E-state index contributed by atoms with van der Waals surface area (Å²) in [6.07, 6.45) is 1.77. The number of amides is 1. The number of piperidine rings is 1. The normalized spacial score (nSPS) is 23.3. The molecule has 4 heteroatoms. The molecule has 0 radical (unpaired) electrons. The molecule has 4 nitrogen and oxygen atoms in total. The van der Waals surface area contributed by atoms with Crippen LogP contribution in [0.25, 0.3) is 0 Å². The highest BCUT2D eigenvalue weighted by molar-refractivity contribution is 5.88. The number of nitrogens with one attached hydrogen (secondary N) is 1. The zero-order chi connectivity index (χ0) is 16.8. The molecule has 0 saturated carbocycles. The fourth-order valence-electron chi connectivity index (χ4n) is 3.51. The number of benzene rings is 1. The van der Waals surface area contributed by atoms with Gasteiger partial charge in [0.25, 0.3) is 0 Å². The maximum absolute atomic E-state index is 12.3. The second-order valence-electron chi connectivity index (χ2n) is 7.06. The topological polar surface area (TPSA) is 49.4 Å². The van der Waals surface area contributed by atoms with E-state index in [1.54, 1.807) is 6.92 Å². The lowest BCUT2D eigenvalue weighted by Crippen LogP contribution is -2.48. The molecule has 126 valence electrons. The van der Waals surface area contributed by atoms with Crippen LogP contribution < -0.4 is 5.32 Å². The van der Waals surface area contributed by atoms with Crippen LogP contribution in [-0.4, -0.2) is 42.3 Å². The Bertz CT molecular complexity index is 519. The molecule has 3 atom stereocenters. The van der Waals surface area contributed by atoms with Crippen LogP contribution in [0.2, 0.25) is 0 Å². The fourth-order valence-corrected chi connectivity index (χ4v) is 3.51. The number of nitrogens with zero attached hydrogens (tertiary/aromatic N) is 1. The summed E-state index contributed by atoms with van der Waals surface area (Å²) >= 11 is 0. The van der Waals surface area contributed by atoms with Gasteiger partial charge in [-0.1, -0.05) is 44.2 Å². The Hall–Kier alpha value is -1.68. The molecule has 0 bridgehead atoms. The molecular formula is C19H28N2O2. The zero-order valence-electron chi connectivity index (χ0n) is 14.4. The number of carbonyl (C=O) groups excluding carboxylic acids is 2. The SMILES string of the molecule is CC(=O)[C@H](Cc1ccccc1)NC(=O)CN1C[C@H](C)C[C@@H](C)C1. The Morgan fingerprint density at radius 3 is 2.35 bits per heavy atom. The summed E-state index contributed by atoms with van der Waals surface area (Å²) in [6.45, 7) is 8.30. The van der Waals surface area contributed by atoms with Crippen molar-refractivity contribution in [2.45, 2.75) is 39.7 Å². The van der Waals surface area contributed by atoms with Crippen molar-refractivity contribution in [3.63, 3.8) is 0 Å². The molecule has 0 spiro atoms. The van der Waals surface area contributed by atoms with Gasteiger partial charge in [0.15, 0.2) is 5.78 Å². The molecule has 1 aromatic carbocycles. The first-order chi connectivity index (χ1) is 10.9. The maximum Gasteiger partial charge on any atom is 0.234 e. The number of hydrogen-bond donors (Lipinski definition) is 1. The zero-order valence-corrected chi connectivity index (χ0v) is 14.4. The van der Waals surface area contributed by atoms with Gasteiger partial charge in [0.1, 0.15) is 0 Å². The van der Waals surface area contributed by atoms with Crippen molar-refractivity contribution in [2.24, 2.45) is 11.8 Å². The third kappa shape index (κ3) is 5.79. The lowest BCUT2D eigenvalue weighted by atomic mass is 9.92. The lowest BCUT2D eigenvalue weighted by Gasteiger charge is -2.34. The van der Waals surface area contributed by atoms with Crippen LogP contribution in [-0.2, 0) is 16.0 Å². The van der Waals surface area contributed by atoms with Crippen molar-refractivity contribution >= 4 is 11.7 Å². The van der Waals surface area contributed by atoms with E-state index in [1.807, 2.05) is 30.3 Å². The highest BCUT2D eigenvalue weighted by Gasteiger charge is 2.24. The monoisotopic (exact) mass is 316 g/mol. The van der Waals surface area contributed by atoms with Gasteiger partial charge in [-0.15, -0.1) is 0 Å². The van der Waals surface area contributed by atoms with Gasteiger partial charge in [-0.3, -0.25) is 14.5 Å². The number of Topliss-reactive ketones (excluding diaryl/α,β-unsaturated/α-hetero) is 1. The Kier molecular flexibility index (Phi) is 6.34. The van der Waals surface area contributed by atoms with Crippen LogP contribution in [0.5, 0.6) is 0 Å². The summed E-state index contributed by atoms with van der Waals surface area (Å²) in [5, 5.41) is 2.91. The van der Waals surface area contributed by atoms with E-state index in [9.17, 15) is 9.59 Å². The molecule has 1 aliphatic rings. The lowest BCUT2D eigenvalue weighted by molar-refractivity contribution is -0.128. The predicted octanol–water partition coefficient (Wildman–Crippen LogP) is 2.28. The molecule has 23 heavy (non-hydrogen) atoms. The molecule has 0 unspecified atom stereocenters. The van der Waals surface area contributed by atoms with E-state index in [0.29, 0.717) is 24.8 Å². The predicted molar refractivity (Wildman–Crippen MR) is 92.1 cm³/mol. The number of rotatable bonds is 6. The van der Waals surface area contributed by atoms with Crippen molar-refractivity contribution in [2.75, 3.05) is 19.6 Å². The smallest absolute Gasteiger partial charge is 0.234 e. The van der Waals surface area contributed by atoms with Crippen LogP contribution in [0.4, 0.5) is 0 Å². The van der Waals surface area contributed by atoms with Crippen LogP contribution in [0, 0.1) is 11.8 Å². The highest BCUT2D eigenvalue weighted by Crippen LogP contribution is 2.20. The van der Waals surface area contributed by atoms with Gasteiger partial charge in [0.05, 0.1) is 12.6 Å². The van der Waals surface area contributed by atoms with Gasteiger partial charge >= 0.3 is 0 Å². The average molecular weight is 316 g/mol. The Morgan fingerprint density at radius 1 is 1.17 bits per heavy atom. The van der Waals surface area contributed by atoms with Crippen LogP contribution >= 0.6 is 0 Å². The van der Waals surface area contributed by atoms with Gasteiger partial charge in [0.2, 0.25) is 5.91 Å². The summed E-state index contributed by atoms with van der Waals surface area (Å²) in [6, 6.07) is 9.37. The minimum Gasteiger partial charge on any atom is -0.345 e. The van der Waals surface area contributed by atoms with E-state index in [1.165, 1.54) is 6.42 Å². The minimum absolute atomic E-state index is 0.00239. The number of hydrogen-bond acceptors (Lipinski definition) is 3. The van der Waals surface area contributed by atoms with Gasteiger partial charge < -0.3 is 5.32 Å². The van der Waals surface area contributed by atoms with E-state index in [0.717, 1.165) is 18.7 Å². The molecule has 2 rings (SSSR count). The highest BCUT2D eigenvalue weighted by atomic mass is 16.2. The molecule has 1 aliphatic heterocycles. The first-order valence-electron chi connectivity index (χ1n) is 8.50. The third-order valence-corrected chi connectivity index (χ3v) is 4.42. The van der Waals surface area contributed by atoms with Crippen molar-refractivity contribution in [1.29, 1.82) is 0 Å². The summed E-state index contributed by atoms with van der Waals surface area (Å²) in [5.41, 5.74) is 1.06. The number of carbonyl (C=O) groups is 2. The van der Waals surface area contributed by atoms with E-state index in [4.69, 9.17) is 0 Å². The molecular weight excluding hydrogens is 288 g/mol. The third-order valence-electron chi connectivity index (χ3n) is 4.42. The Balaban J connectivity index is 1.89.